The van der Waals surface area contributed by atoms with Crippen LogP contribution in [0.3, 0.4) is 0 Å². The average Bonchev–Trinajstić information content (AvgIpc) is 2.05. The fourth-order valence-electron chi connectivity index (χ4n) is 1.16. The summed E-state index contributed by atoms with van der Waals surface area (Å²) >= 11 is 0. The monoisotopic (exact) mass is 190 g/mol. The largest absolute Gasteiger partial charge is 0.327 e. The van der Waals surface area contributed by atoms with Crippen LogP contribution in [0.15, 0.2) is 0 Å². The van der Waals surface area contributed by atoms with Crippen molar-refractivity contribution in [1.29, 1.82) is 0 Å². The summed E-state index contributed by atoms with van der Waals surface area (Å²) in [6, 6.07) is 0. The Bertz CT molecular complexity index is 107. The molecule has 0 bridgehead atoms. The summed E-state index contributed by atoms with van der Waals surface area (Å²) < 4.78 is 14.9. The summed E-state index contributed by atoms with van der Waals surface area (Å²) in [5.74, 6) is 0. The van der Waals surface area contributed by atoms with Crippen molar-refractivity contribution in [3.05, 3.63) is 0 Å². The predicted octanol–water partition coefficient (Wildman–Crippen LogP) is 3.96. The Morgan fingerprint density at radius 2 is 1.92 bits per heavy atom. The maximum absolute atomic E-state index is 10.0. The van der Waals surface area contributed by atoms with Crippen LogP contribution in [0.5, 0.6) is 0 Å². The van der Waals surface area contributed by atoms with Crippen molar-refractivity contribution in [1.82, 2.24) is 0 Å². The van der Waals surface area contributed by atoms with Gasteiger partial charge in [0.05, 0.1) is 6.10 Å². The minimum atomic E-state index is -0.186. The molecule has 0 aliphatic heterocycles. The molecular weight excluding hydrogens is 171 g/mol. The SMILES string of the molecule is CCCCCCCC(C)OP=O. The van der Waals surface area contributed by atoms with Gasteiger partial charge in [-0.15, -0.1) is 0 Å². The minimum Gasteiger partial charge on any atom is -0.291 e. The molecule has 0 aliphatic rings. The first-order chi connectivity index (χ1) is 5.81. The lowest BCUT2D eigenvalue weighted by atomic mass is 10.1. The zero-order valence-electron chi connectivity index (χ0n) is 8.08. The van der Waals surface area contributed by atoms with Crippen molar-refractivity contribution < 1.29 is 9.09 Å². The summed E-state index contributed by atoms with van der Waals surface area (Å²) in [6.07, 6.45) is 7.57. The summed E-state index contributed by atoms with van der Waals surface area (Å²) in [5.41, 5.74) is 0. The zero-order chi connectivity index (χ0) is 9.23. The second-order valence-corrected chi connectivity index (χ2v) is 3.55. The Kier molecular flexibility index (Phi) is 9.20. The zero-order valence-corrected chi connectivity index (χ0v) is 8.98. The van der Waals surface area contributed by atoms with Crippen molar-refractivity contribution in [2.24, 2.45) is 0 Å². The fraction of sp³-hybridized carbons (Fsp3) is 1.00. The van der Waals surface area contributed by atoms with Gasteiger partial charge in [-0.3, -0.25) is 4.52 Å². The third-order valence-electron chi connectivity index (χ3n) is 1.94. The van der Waals surface area contributed by atoms with Gasteiger partial charge in [0, 0.05) is 0 Å². The van der Waals surface area contributed by atoms with Crippen LogP contribution < -0.4 is 0 Å². The van der Waals surface area contributed by atoms with Crippen LogP contribution in [-0.2, 0) is 9.09 Å². The smallest absolute Gasteiger partial charge is 0.291 e. The van der Waals surface area contributed by atoms with Crippen molar-refractivity contribution in [2.75, 3.05) is 0 Å². The highest BCUT2D eigenvalue weighted by Gasteiger charge is 2.00. The number of hydrogen-bond acceptors (Lipinski definition) is 2. The van der Waals surface area contributed by atoms with Gasteiger partial charge in [-0.25, -0.2) is 4.57 Å². The first kappa shape index (κ1) is 12.1. The Balaban J connectivity index is 3.02. The van der Waals surface area contributed by atoms with Gasteiger partial charge in [0.1, 0.15) is 0 Å². The highest BCUT2D eigenvalue weighted by atomic mass is 31.1. The van der Waals surface area contributed by atoms with Crippen molar-refractivity contribution in [2.45, 2.75) is 58.5 Å². The molecule has 2 nitrogen and oxygen atoms in total. The van der Waals surface area contributed by atoms with Crippen LogP contribution in [0, 0.1) is 0 Å². The molecule has 0 amide bonds. The van der Waals surface area contributed by atoms with E-state index in [0.29, 0.717) is 0 Å². The van der Waals surface area contributed by atoms with Gasteiger partial charge in [-0.05, 0) is 13.3 Å². The molecule has 3 heteroatoms. The third-order valence-corrected chi connectivity index (χ3v) is 2.38. The predicted molar refractivity (Wildman–Crippen MR) is 51.5 cm³/mol. The lowest BCUT2D eigenvalue weighted by molar-refractivity contribution is 0.228. The van der Waals surface area contributed by atoms with Crippen molar-refractivity contribution in [3.63, 3.8) is 0 Å². The molecule has 12 heavy (non-hydrogen) atoms. The number of hydrogen-bond donors (Lipinski definition) is 0. The molecule has 0 N–H and O–H groups in total. The summed E-state index contributed by atoms with van der Waals surface area (Å²) in [7, 11) is -0.186. The molecule has 1 unspecified atom stereocenters. The standard InChI is InChI=1S/C9H19O2P/c1-3-4-5-6-7-8-9(2)11-12-10/h9H,3-8H2,1-2H3. The molecule has 0 aromatic heterocycles. The van der Waals surface area contributed by atoms with Crippen LogP contribution >= 0.6 is 8.69 Å². The van der Waals surface area contributed by atoms with Gasteiger partial charge in [-0.1, -0.05) is 39.0 Å². The molecule has 0 aromatic rings. The molecule has 0 spiro atoms. The van der Waals surface area contributed by atoms with E-state index >= 15 is 0 Å². The van der Waals surface area contributed by atoms with Gasteiger partial charge in [0.15, 0.2) is 0 Å². The molecule has 0 aliphatic carbocycles. The number of unbranched alkanes of at least 4 members (excludes halogenated alkanes) is 4. The third kappa shape index (κ3) is 8.16. The lowest BCUT2D eigenvalue weighted by Gasteiger charge is -2.05. The highest BCUT2D eigenvalue weighted by molar-refractivity contribution is 7.17. The average molecular weight is 190 g/mol. The van der Waals surface area contributed by atoms with E-state index < -0.39 is 0 Å². The molecule has 0 radical (unpaired) electrons. The van der Waals surface area contributed by atoms with Crippen molar-refractivity contribution >= 4 is 8.69 Å². The van der Waals surface area contributed by atoms with E-state index in [1.54, 1.807) is 0 Å². The van der Waals surface area contributed by atoms with Gasteiger partial charge in [0.25, 0.3) is 0 Å². The molecule has 1 atom stereocenters. The minimum absolute atomic E-state index is 0.144. The maximum Gasteiger partial charge on any atom is 0.327 e. The van der Waals surface area contributed by atoms with Crippen LogP contribution in [0.2, 0.25) is 0 Å². The van der Waals surface area contributed by atoms with E-state index in [9.17, 15) is 4.57 Å². The van der Waals surface area contributed by atoms with E-state index in [1.165, 1.54) is 32.1 Å². The fourth-order valence-corrected chi connectivity index (χ4v) is 1.41. The van der Waals surface area contributed by atoms with E-state index in [0.717, 1.165) is 6.42 Å². The first-order valence-electron chi connectivity index (χ1n) is 4.79. The Hall–Kier alpha value is 0.0600. The second kappa shape index (κ2) is 9.15. The maximum atomic E-state index is 10.0. The Morgan fingerprint density at radius 3 is 2.50 bits per heavy atom. The molecule has 0 heterocycles. The normalized spacial score (nSPS) is 13.5. The van der Waals surface area contributed by atoms with Crippen molar-refractivity contribution in [3.8, 4) is 0 Å². The van der Waals surface area contributed by atoms with E-state index in [4.69, 9.17) is 4.52 Å². The van der Waals surface area contributed by atoms with E-state index in [2.05, 4.69) is 6.92 Å². The first-order valence-corrected chi connectivity index (χ1v) is 5.52. The molecule has 0 rings (SSSR count). The second-order valence-electron chi connectivity index (χ2n) is 3.19. The molecular formula is C9H19O2P. The quantitative estimate of drug-likeness (QED) is 0.427. The molecule has 72 valence electrons. The van der Waals surface area contributed by atoms with Gasteiger partial charge in [0.2, 0.25) is 0 Å². The highest BCUT2D eigenvalue weighted by Crippen LogP contribution is 2.12. The van der Waals surface area contributed by atoms with Gasteiger partial charge >= 0.3 is 8.69 Å². The van der Waals surface area contributed by atoms with Crippen LogP contribution in [0.4, 0.5) is 0 Å². The van der Waals surface area contributed by atoms with Gasteiger partial charge < -0.3 is 0 Å². The summed E-state index contributed by atoms with van der Waals surface area (Å²) in [6.45, 7) is 4.17. The lowest BCUT2D eigenvalue weighted by Crippen LogP contribution is -2.00. The van der Waals surface area contributed by atoms with E-state index in [1.807, 2.05) is 6.92 Å². The topological polar surface area (TPSA) is 26.3 Å². The van der Waals surface area contributed by atoms with E-state index in [-0.39, 0.29) is 14.8 Å². The van der Waals surface area contributed by atoms with Crippen LogP contribution in [0.25, 0.3) is 0 Å². The summed E-state index contributed by atoms with van der Waals surface area (Å²) in [4.78, 5) is 0. The summed E-state index contributed by atoms with van der Waals surface area (Å²) in [5, 5.41) is 0. The molecule has 0 aromatic carbocycles. The van der Waals surface area contributed by atoms with Crippen LogP contribution in [0.1, 0.15) is 52.4 Å². The Morgan fingerprint density at radius 1 is 1.25 bits per heavy atom. The Labute approximate surface area is 77.0 Å². The van der Waals surface area contributed by atoms with Gasteiger partial charge in [-0.2, -0.15) is 0 Å². The van der Waals surface area contributed by atoms with Crippen LogP contribution in [-0.4, -0.2) is 6.10 Å². The molecule has 0 saturated carbocycles. The molecule has 0 saturated heterocycles. The molecule has 0 fully saturated rings. The number of rotatable bonds is 8.